The van der Waals surface area contributed by atoms with E-state index in [-0.39, 0.29) is 11.5 Å². The molecule has 26 heavy (non-hydrogen) atoms. The Kier molecular flexibility index (Phi) is 9.02. The molecule has 0 bridgehead atoms. The van der Waals surface area contributed by atoms with E-state index >= 15 is 0 Å². The maximum atomic E-state index is 11.0. The van der Waals surface area contributed by atoms with Crippen LogP contribution in [0.25, 0.3) is 0 Å². The number of esters is 1. The van der Waals surface area contributed by atoms with Crippen molar-refractivity contribution >= 4 is 29.1 Å². The van der Waals surface area contributed by atoms with Gasteiger partial charge in [-0.3, -0.25) is 4.79 Å². The summed E-state index contributed by atoms with van der Waals surface area (Å²) in [6, 6.07) is 10.2. The standard InChI is InChI=1S/C10H14N2O2.C8H10N2O2/c1-2-14-10(13)6-8-12-9-5-3-4-7-11-9;1-10-7-3-2-5(8(11)12)4-6(7)9/h3-5,7H,2,6,8H2,1H3,(H,11,12);2-4,10H,9H2,1H3,(H,11,12). The van der Waals surface area contributed by atoms with Crippen LogP contribution in [0.1, 0.15) is 23.7 Å². The molecule has 1 aromatic carbocycles. The van der Waals surface area contributed by atoms with Crippen molar-refractivity contribution in [2.24, 2.45) is 0 Å². The van der Waals surface area contributed by atoms with Crippen LogP contribution in [0.4, 0.5) is 17.2 Å². The Morgan fingerprint density at radius 2 is 2.04 bits per heavy atom. The van der Waals surface area contributed by atoms with Crippen molar-refractivity contribution in [3.63, 3.8) is 0 Å². The highest BCUT2D eigenvalue weighted by atomic mass is 16.5. The second-order valence-corrected chi connectivity index (χ2v) is 5.05. The predicted octanol–water partition coefficient (Wildman–Crippen LogP) is 2.46. The molecule has 5 N–H and O–H groups in total. The van der Waals surface area contributed by atoms with Crippen LogP contribution >= 0.6 is 0 Å². The number of anilines is 3. The number of nitrogen functional groups attached to an aromatic ring is 1. The molecule has 0 aliphatic heterocycles. The highest BCUT2D eigenvalue weighted by Gasteiger charge is 2.04. The third-order valence-corrected chi connectivity index (χ3v) is 3.17. The Balaban J connectivity index is 0.000000263. The topological polar surface area (TPSA) is 127 Å². The molecule has 8 nitrogen and oxygen atoms in total. The molecule has 0 amide bonds. The van der Waals surface area contributed by atoms with E-state index in [2.05, 4.69) is 15.6 Å². The summed E-state index contributed by atoms with van der Waals surface area (Å²) < 4.78 is 4.78. The summed E-state index contributed by atoms with van der Waals surface area (Å²) in [7, 11) is 1.73. The zero-order chi connectivity index (χ0) is 19.4. The van der Waals surface area contributed by atoms with Gasteiger partial charge in [-0.1, -0.05) is 6.07 Å². The lowest BCUT2D eigenvalue weighted by Gasteiger charge is -2.04. The van der Waals surface area contributed by atoms with Crippen molar-refractivity contribution < 1.29 is 19.4 Å². The maximum Gasteiger partial charge on any atom is 0.335 e. The third kappa shape index (κ3) is 7.52. The fourth-order valence-corrected chi connectivity index (χ4v) is 1.92. The summed E-state index contributed by atoms with van der Waals surface area (Å²) in [5, 5.41) is 14.5. The number of nitrogens with zero attached hydrogens (tertiary/aromatic N) is 1. The van der Waals surface area contributed by atoms with Gasteiger partial charge in [-0.05, 0) is 37.3 Å². The van der Waals surface area contributed by atoms with Crippen LogP contribution in [0.3, 0.4) is 0 Å². The lowest BCUT2D eigenvalue weighted by molar-refractivity contribution is -0.142. The first-order valence-electron chi connectivity index (χ1n) is 8.09. The number of pyridine rings is 1. The van der Waals surface area contributed by atoms with Crippen molar-refractivity contribution in [2.75, 3.05) is 36.6 Å². The van der Waals surface area contributed by atoms with Gasteiger partial charge in [-0.15, -0.1) is 0 Å². The second kappa shape index (κ2) is 11.3. The maximum absolute atomic E-state index is 11.0. The van der Waals surface area contributed by atoms with Crippen LogP contribution in [0.5, 0.6) is 0 Å². The Labute approximate surface area is 152 Å². The largest absolute Gasteiger partial charge is 0.478 e. The normalized spacial score (nSPS) is 9.46. The average molecular weight is 360 g/mol. The minimum Gasteiger partial charge on any atom is -0.478 e. The number of hydrogen-bond donors (Lipinski definition) is 4. The molecule has 2 rings (SSSR count). The van der Waals surface area contributed by atoms with Gasteiger partial charge >= 0.3 is 11.9 Å². The SMILES string of the molecule is CCOC(=O)CCNc1ccccn1.CNc1ccc(C(=O)O)cc1N. The molecule has 0 radical (unpaired) electrons. The molecule has 0 unspecified atom stereocenters. The molecular formula is C18H24N4O4. The van der Waals surface area contributed by atoms with E-state index in [4.69, 9.17) is 15.6 Å². The molecule has 8 heteroatoms. The predicted molar refractivity (Wildman–Crippen MR) is 101 cm³/mol. The number of ether oxygens (including phenoxy) is 1. The van der Waals surface area contributed by atoms with Crippen LogP contribution in [-0.2, 0) is 9.53 Å². The molecule has 0 saturated heterocycles. The molecule has 0 aliphatic rings. The van der Waals surface area contributed by atoms with E-state index in [0.29, 0.717) is 25.3 Å². The number of carboxylic acid groups (broad SMARTS) is 1. The van der Waals surface area contributed by atoms with Gasteiger partial charge in [-0.25, -0.2) is 9.78 Å². The zero-order valence-corrected chi connectivity index (χ0v) is 14.9. The molecule has 0 spiro atoms. The molecule has 0 atom stereocenters. The third-order valence-electron chi connectivity index (χ3n) is 3.17. The average Bonchev–Trinajstić information content (AvgIpc) is 2.63. The van der Waals surface area contributed by atoms with E-state index in [9.17, 15) is 9.59 Å². The molecule has 2 aromatic rings. The summed E-state index contributed by atoms with van der Waals surface area (Å²) in [5.41, 5.74) is 6.92. The van der Waals surface area contributed by atoms with Gasteiger partial charge < -0.3 is 26.2 Å². The van der Waals surface area contributed by atoms with Gasteiger partial charge in [0.05, 0.1) is 30.0 Å². The van der Waals surface area contributed by atoms with Crippen LogP contribution in [0.15, 0.2) is 42.6 Å². The first-order chi connectivity index (χ1) is 12.5. The van der Waals surface area contributed by atoms with Gasteiger partial charge in [0.1, 0.15) is 5.82 Å². The number of aromatic nitrogens is 1. The van der Waals surface area contributed by atoms with Crippen molar-refractivity contribution in [1.82, 2.24) is 4.98 Å². The minimum atomic E-state index is -0.968. The Bertz CT molecular complexity index is 708. The highest BCUT2D eigenvalue weighted by molar-refractivity contribution is 5.90. The minimum absolute atomic E-state index is 0.184. The van der Waals surface area contributed by atoms with E-state index in [0.717, 1.165) is 11.5 Å². The van der Waals surface area contributed by atoms with Crippen molar-refractivity contribution in [3.8, 4) is 0 Å². The zero-order valence-electron chi connectivity index (χ0n) is 14.9. The number of aromatic carboxylic acids is 1. The summed E-state index contributed by atoms with van der Waals surface area (Å²) in [6.07, 6.45) is 2.07. The molecule has 0 fully saturated rings. The summed E-state index contributed by atoms with van der Waals surface area (Å²) >= 11 is 0. The van der Waals surface area contributed by atoms with Crippen LogP contribution in [0.2, 0.25) is 0 Å². The van der Waals surface area contributed by atoms with Crippen molar-refractivity contribution in [1.29, 1.82) is 0 Å². The Morgan fingerprint density at radius 3 is 2.58 bits per heavy atom. The number of nitrogens with two attached hydrogens (primary N) is 1. The van der Waals surface area contributed by atoms with E-state index < -0.39 is 5.97 Å². The fraction of sp³-hybridized carbons (Fsp3) is 0.278. The lowest BCUT2D eigenvalue weighted by atomic mass is 10.2. The first-order valence-corrected chi connectivity index (χ1v) is 8.09. The molecule has 1 aromatic heterocycles. The monoisotopic (exact) mass is 360 g/mol. The van der Waals surface area contributed by atoms with Crippen molar-refractivity contribution in [2.45, 2.75) is 13.3 Å². The summed E-state index contributed by atoms with van der Waals surface area (Å²) in [4.78, 5) is 25.5. The molecular weight excluding hydrogens is 336 g/mol. The van der Waals surface area contributed by atoms with E-state index in [1.54, 1.807) is 26.2 Å². The van der Waals surface area contributed by atoms with Gasteiger partial charge in [-0.2, -0.15) is 0 Å². The molecule has 0 aliphatic carbocycles. The lowest BCUT2D eigenvalue weighted by Crippen LogP contribution is -2.11. The number of carbonyl (C=O) groups excluding carboxylic acids is 1. The number of hydrogen-bond acceptors (Lipinski definition) is 7. The van der Waals surface area contributed by atoms with Crippen LogP contribution in [0, 0.1) is 0 Å². The van der Waals surface area contributed by atoms with E-state index in [1.165, 1.54) is 12.1 Å². The molecule has 1 heterocycles. The van der Waals surface area contributed by atoms with Gasteiger partial charge in [0.15, 0.2) is 0 Å². The smallest absolute Gasteiger partial charge is 0.335 e. The summed E-state index contributed by atoms with van der Waals surface area (Å²) in [5.74, 6) is -0.378. The van der Waals surface area contributed by atoms with E-state index in [1.807, 2.05) is 18.2 Å². The number of nitrogens with one attached hydrogen (secondary N) is 2. The number of benzene rings is 1. The first kappa shape index (κ1) is 20.8. The van der Waals surface area contributed by atoms with Crippen molar-refractivity contribution in [3.05, 3.63) is 48.2 Å². The van der Waals surface area contributed by atoms with Gasteiger partial charge in [0.25, 0.3) is 0 Å². The molecule has 140 valence electrons. The number of carbonyl (C=O) groups is 2. The van der Waals surface area contributed by atoms with Gasteiger partial charge in [0, 0.05) is 19.8 Å². The highest BCUT2D eigenvalue weighted by Crippen LogP contribution is 2.18. The Morgan fingerprint density at radius 1 is 1.27 bits per heavy atom. The Hall–Kier alpha value is -3.29. The van der Waals surface area contributed by atoms with Crippen LogP contribution in [-0.4, -0.2) is 42.2 Å². The quantitative estimate of drug-likeness (QED) is 0.438. The number of rotatable bonds is 7. The number of carboxylic acids is 1. The fourth-order valence-electron chi connectivity index (χ4n) is 1.92. The second-order valence-electron chi connectivity index (χ2n) is 5.05. The molecule has 0 saturated carbocycles. The van der Waals surface area contributed by atoms with Crippen LogP contribution < -0.4 is 16.4 Å². The van der Waals surface area contributed by atoms with Gasteiger partial charge in [0.2, 0.25) is 0 Å². The summed E-state index contributed by atoms with van der Waals surface area (Å²) in [6.45, 7) is 2.78.